The van der Waals surface area contributed by atoms with Gasteiger partial charge in [-0.05, 0) is 44.0 Å². The fourth-order valence-corrected chi connectivity index (χ4v) is 3.24. The minimum absolute atomic E-state index is 0.0528. The number of hydrogen-bond acceptors (Lipinski definition) is 2. The van der Waals surface area contributed by atoms with E-state index in [2.05, 4.69) is 18.3 Å². The second kappa shape index (κ2) is 6.87. The summed E-state index contributed by atoms with van der Waals surface area (Å²) < 4.78 is 0. The van der Waals surface area contributed by atoms with Crippen LogP contribution in [0.3, 0.4) is 0 Å². The van der Waals surface area contributed by atoms with Crippen LogP contribution in [0.4, 0.5) is 5.69 Å². The van der Waals surface area contributed by atoms with Crippen molar-refractivity contribution in [3.63, 3.8) is 0 Å². The van der Waals surface area contributed by atoms with Crippen LogP contribution in [-0.4, -0.2) is 24.4 Å². The lowest BCUT2D eigenvalue weighted by Crippen LogP contribution is -2.38. The number of fused-ring (bicyclic) bond motifs is 1. The molecule has 1 unspecified atom stereocenters. The lowest BCUT2D eigenvalue weighted by atomic mass is 10.1. The topological polar surface area (TPSA) is 49.4 Å². The molecule has 2 aromatic carbocycles. The third-order valence-electron chi connectivity index (χ3n) is 4.38. The quantitative estimate of drug-likeness (QED) is 0.940. The highest BCUT2D eigenvalue weighted by molar-refractivity contribution is 5.97. The first kappa shape index (κ1) is 16.2. The first-order chi connectivity index (χ1) is 11.6. The van der Waals surface area contributed by atoms with Crippen LogP contribution in [-0.2, 0) is 11.2 Å². The molecule has 3 rings (SSSR count). The zero-order valence-corrected chi connectivity index (χ0v) is 14.1. The molecule has 0 fully saturated rings. The van der Waals surface area contributed by atoms with E-state index in [9.17, 15) is 9.59 Å². The van der Waals surface area contributed by atoms with Crippen molar-refractivity contribution in [1.82, 2.24) is 5.32 Å². The predicted molar refractivity (Wildman–Crippen MR) is 95.2 cm³/mol. The molecule has 0 spiro atoms. The van der Waals surface area contributed by atoms with Gasteiger partial charge in [-0.2, -0.15) is 0 Å². The number of hydrogen-bond donors (Lipinski definition) is 1. The van der Waals surface area contributed by atoms with E-state index in [1.807, 2.05) is 48.2 Å². The van der Waals surface area contributed by atoms with E-state index < -0.39 is 0 Å². The monoisotopic (exact) mass is 322 g/mol. The summed E-state index contributed by atoms with van der Waals surface area (Å²) in [5, 5.41) is 2.83. The highest BCUT2D eigenvalue weighted by atomic mass is 16.2. The van der Waals surface area contributed by atoms with E-state index in [1.54, 1.807) is 6.07 Å². The summed E-state index contributed by atoms with van der Waals surface area (Å²) in [4.78, 5) is 26.5. The van der Waals surface area contributed by atoms with E-state index >= 15 is 0 Å². The molecule has 0 radical (unpaired) electrons. The van der Waals surface area contributed by atoms with Crippen LogP contribution in [0.15, 0.2) is 48.5 Å². The number of nitrogens with zero attached hydrogens (tertiary/aromatic N) is 1. The molecule has 0 bridgehead atoms. The first-order valence-corrected chi connectivity index (χ1v) is 8.31. The molecular formula is C20H22N2O2. The van der Waals surface area contributed by atoms with Crippen LogP contribution >= 0.6 is 0 Å². The molecule has 4 nitrogen and oxygen atoms in total. The summed E-state index contributed by atoms with van der Waals surface area (Å²) in [6, 6.07) is 15.6. The Morgan fingerprint density at radius 3 is 2.75 bits per heavy atom. The minimum Gasteiger partial charge on any atom is -0.352 e. The van der Waals surface area contributed by atoms with Crippen LogP contribution in [0.1, 0.15) is 34.8 Å². The van der Waals surface area contributed by atoms with Gasteiger partial charge in [0.25, 0.3) is 5.91 Å². The largest absolute Gasteiger partial charge is 0.352 e. The van der Waals surface area contributed by atoms with Gasteiger partial charge in [-0.25, -0.2) is 0 Å². The molecule has 1 heterocycles. The molecule has 2 aromatic rings. The molecule has 1 aliphatic heterocycles. The Morgan fingerprint density at radius 1 is 1.17 bits per heavy atom. The van der Waals surface area contributed by atoms with Crippen molar-refractivity contribution in [3.8, 4) is 0 Å². The SMILES string of the molecule is Cc1cccc(C(=O)NCCC(=O)N2c3ccccc3CC2C)c1. The Bertz CT molecular complexity index is 770. The van der Waals surface area contributed by atoms with Crippen LogP contribution < -0.4 is 10.2 Å². The smallest absolute Gasteiger partial charge is 0.251 e. The van der Waals surface area contributed by atoms with Crippen LogP contribution in [0.2, 0.25) is 0 Å². The number of para-hydroxylation sites is 1. The van der Waals surface area contributed by atoms with Crippen LogP contribution in [0.5, 0.6) is 0 Å². The van der Waals surface area contributed by atoms with Gasteiger partial charge < -0.3 is 10.2 Å². The first-order valence-electron chi connectivity index (χ1n) is 8.31. The van der Waals surface area contributed by atoms with Crippen molar-refractivity contribution in [2.75, 3.05) is 11.4 Å². The van der Waals surface area contributed by atoms with E-state index in [0.29, 0.717) is 18.5 Å². The summed E-state index contributed by atoms with van der Waals surface area (Å²) >= 11 is 0. The maximum atomic E-state index is 12.6. The molecule has 1 aliphatic rings. The van der Waals surface area contributed by atoms with Gasteiger partial charge in [0.2, 0.25) is 5.91 Å². The van der Waals surface area contributed by atoms with Gasteiger partial charge in [0.05, 0.1) is 0 Å². The number of amides is 2. The maximum Gasteiger partial charge on any atom is 0.251 e. The lowest BCUT2D eigenvalue weighted by Gasteiger charge is -2.22. The number of rotatable bonds is 4. The zero-order chi connectivity index (χ0) is 17.1. The fourth-order valence-electron chi connectivity index (χ4n) is 3.24. The van der Waals surface area contributed by atoms with E-state index in [0.717, 1.165) is 17.7 Å². The van der Waals surface area contributed by atoms with Crippen LogP contribution in [0.25, 0.3) is 0 Å². The molecule has 0 saturated heterocycles. The molecule has 2 amide bonds. The van der Waals surface area contributed by atoms with Gasteiger partial charge in [-0.3, -0.25) is 9.59 Å². The summed E-state index contributed by atoms with van der Waals surface area (Å²) in [5.41, 5.74) is 3.88. The zero-order valence-electron chi connectivity index (χ0n) is 14.1. The van der Waals surface area contributed by atoms with E-state index in [1.165, 1.54) is 5.56 Å². The molecule has 1 atom stereocenters. The van der Waals surface area contributed by atoms with Gasteiger partial charge in [0.1, 0.15) is 0 Å². The third kappa shape index (κ3) is 3.32. The van der Waals surface area contributed by atoms with Gasteiger partial charge in [0, 0.05) is 30.3 Å². The van der Waals surface area contributed by atoms with Crippen molar-refractivity contribution in [1.29, 1.82) is 0 Å². The predicted octanol–water partition coefficient (Wildman–Crippen LogP) is 3.09. The molecule has 124 valence electrons. The van der Waals surface area contributed by atoms with E-state index in [-0.39, 0.29) is 17.9 Å². The van der Waals surface area contributed by atoms with Crippen LogP contribution in [0, 0.1) is 6.92 Å². The molecule has 0 aliphatic carbocycles. The van der Waals surface area contributed by atoms with Gasteiger partial charge in [0.15, 0.2) is 0 Å². The van der Waals surface area contributed by atoms with Crippen molar-refractivity contribution in [2.45, 2.75) is 32.7 Å². The number of anilines is 1. The Hall–Kier alpha value is -2.62. The average Bonchev–Trinajstić information content (AvgIpc) is 2.90. The fraction of sp³-hybridized carbons (Fsp3) is 0.300. The number of carbonyl (C=O) groups excluding carboxylic acids is 2. The average molecular weight is 322 g/mol. The minimum atomic E-state index is -0.138. The van der Waals surface area contributed by atoms with E-state index in [4.69, 9.17) is 0 Å². The third-order valence-corrected chi connectivity index (χ3v) is 4.38. The van der Waals surface area contributed by atoms with Gasteiger partial charge >= 0.3 is 0 Å². The van der Waals surface area contributed by atoms with Crippen molar-refractivity contribution >= 4 is 17.5 Å². The number of benzene rings is 2. The second-order valence-electron chi connectivity index (χ2n) is 6.32. The van der Waals surface area contributed by atoms with Crippen molar-refractivity contribution < 1.29 is 9.59 Å². The van der Waals surface area contributed by atoms with Crippen molar-refractivity contribution in [2.24, 2.45) is 0 Å². The number of aryl methyl sites for hydroxylation is 1. The Morgan fingerprint density at radius 2 is 1.96 bits per heavy atom. The maximum absolute atomic E-state index is 12.6. The summed E-state index contributed by atoms with van der Waals surface area (Å²) in [6.45, 7) is 4.35. The summed E-state index contributed by atoms with van der Waals surface area (Å²) in [6.07, 6.45) is 1.19. The number of nitrogens with one attached hydrogen (secondary N) is 1. The summed E-state index contributed by atoms with van der Waals surface area (Å²) in [7, 11) is 0. The molecule has 24 heavy (non-hydrogen) atoms. The van der Waals surface area contributed by atoms with Gasteiger partial charge in [-0.1, -0.05) is 35.9 Å². The Balaban J connectivity index is 1.57. The van der Waals surface area contributed by atoms with Gasteiger partial charge in [-0.15, -0.1) is 0 Å². The normalized spacial score (nSPS) is 15.9. The highest BCUT2D eigenvalue weighted by Crippen LogP contribution is 2.32. The molecule has 0 saturated carbocycles. The summed E-state index contributed by atoms with van der Waals surface area (Å²) in [5.74, 6) is -0.0848. The standard InChI is InChI=1S/C20H22N2O2/c1-14-6-5-8-17(12-14)20(24)21-11-10-19(23)22-15(2)13-16-7-3-4-9-18(16)22/h3-9,12,15H,10-11,13H2,1-2H3,(H,21,24). The second-order valence-corrected chi connectivity index (χ2v) is 6.32. The molecular weight excluding hydrogens is 300 g/mol. The lowest BCUT2D eigenvalue weighted by molar-refractivity contribution is -0.118. The Labute approximate surface area is 142 Å². The molecule has 1 N–H and O–H groups in total. The number of carbonyl (C=O) groups is 2. The molecule has 0 aromatic heterocycles. The van der Waals surface area contributed by atoms with Crippen molar-refractivity contribution in [3.05, 3.63) is 65.2 Å². The highest BCUT2D eigenvalue weighted by Gasteiger charge is 2.29. The molecule has 4 heteroatoms. The Kier molecular flexibility index (Phi) is 4.65.